The van der Waals surface area contributed by atoms with Crippen LogP contribution in [0, 0.1) is 0 Å². The molecule has 0 radical (unpaired) electrons. The predicted octanol–water partition coefficient (Wildman–Crippen LogP) is 2.64. The Hall–Kier alpha value is -2.25. The summed E-state index contributed by atoms with van der Waals surface area (Å²) in [6.45, 7) is 0.979. The lowest BCUT2D eigenvalue weighted by Gasteiger charge is -2.04. The number of carbonyl (C=O) groups excluding carboxylic acids is 1. The van der Waals surface area contributed by atoms with Gasteiger partial charge in [-0.3, -0.25) is 4.79 Å². The summed E-state index contributed by atoms with van der Waals surface area (Å²) in [6, 6.07) is 1.21. The second-order valence-electron chi connectivity index (χ2n) is 4.17. The summed E-state index contributed by atoms with van der Waals surface area (Å²) < 4.78 is 30.1. The number of amides is 1. The first-order valence-corrected chi connectivity index (χ1v) is 5.58. The standard InChI is InChI=1S/C11H12F2N4O2/c1-6(2)9-8(5-14-19-9)15-10(18)7-3-4-17(16-7)11(12)13/h3-6,11H,1-2H3,(H,15,18). The first kappa shape index (κ1) is 13.2. The Kier molecular flexibility index (Phi) is 3.59. The zero-order valence-corrected chi connectivity index (χ0v) is 10.3. The van der Waals surface area contributed by atoms with Crippen LogP contribution in [0.4, 0.5) is 14.5 Å². The number of aromatic nitrogens is 3. The van der Waals surface area contributed by atoms with Gasteiger partial charge in [-0.25, -0.2) is 4.68 Å². The average molecular weight is 270 g/mol. The van der Waals surface area contributed by atoms with E-state index in [1.54, 1.807) is 0 Å². The minimum atomic E-state index is -2.77. The van der Waals surface area contributed by atoms with Gasteiger partial charge in [-0.1, -0.05) is 19.0 Å². The molecule has 1 amide bonds. The predicted molar refractivity (Wildman–Crippen MR) is 62.0 cm³/mol. The Morgan fingerprint density at radius 2 is 2.21 bits per heavy atom. The normalized spacial score (nSPS) is 11.3. The molecule has 2 heterocycles. The van der Waals surface area contributed by atoms with Crippen molar-refractivity contribution in [2.45, 2.75) is 26.3 Å². The topological polar surface area (TPSA) is 73.0 Å². The Morgan fingerprint density at radius 3 is 2.79 bits per heavy atom. The molecule has 102 valence electrons. The summed E-state index contributed by atoms with van der Waals surface area (Å²) >= 11 is 0. The van der Waals surface area contributed by atoms with Crippen molar-refractivity contribution in [3.63, 3.8) is 0 Å². The third kappa shape index (κ3) is 2.78. The molecule has 2 aromatic rings. The molecule has 19 heavy (non-hydrogen) atoms. The number of rotatable bonds is 4. The first-order valence-electron chi connectivity index (χ1n) is 5.58. The number of halogens is 2. The van der Waals surface area contributed by atoms with Crippen LogP contribution >= 0.6 is 0 Å². The van der Waals surface area contributed by atoms with Gasteiger partial charge in [0.1, 0.15) is 5.69 Å². The van der Waals surface area contributed by atoms with Crippen molar-refractivity contribution in [3.05, 3.63) is 29.9 Å². The third-order valence-electron chi connectivity index (χ3n) is 2.41. The van der Waals surface area contributed by atoms with E-state index in [2.05, 4.69) is 15.6 Å². The maximum Gasteiger partial charge on any atom is 0.333 e. The average Bonchev–Trinajstić information content (AvgIpc) is 2.96. The molecule has 2 aromatic heterocycles. The number of anilines is 1. The van der Waals surface area contributed by atoms with Crippen LogP contribution in [0.2, 0.25) is 0 Å². The monoisotopic (exact) mass is 270 g/mol. The van der Waals surface area contributed by atoms with Crippen molar-refractivity contribution in [1.29, 1.82) is 0 Å². The van der Waals surface area contributed by atoms with Crippen molar-refractivity contribution >= 4 is 11.6 Å². The third-order valence-corrected chi connectivity index (χ3v) is 2.41. The molecule has 0 saturated heterocycles. The highest BCUT2D eigenvalue weighted by Gasteiger charge is 2.18. The molecule has 0 spiro atoms. The van der Waals surface area contributed by atoms with E-state index in [9.17, 15) is 13.6 Å². The van der Waals surface area contributed by atoms with Crippen LogP contribution in [0.3, 0.4) is 0 Å². The van der Waals surface area contributed by atoms with Gasteiger partial charge in [0, 0.05) is 12.1 Å². The van der Waals surface area contributed by atoms with Crippen LogP contribution in [-0.2, 0) is 0 Å². The summed E-state index contributed by atoms with van der Waals surface area (Å²) in [5.74, 6) is -0.0393. The maximum absolute atomic E-state index is 12.3. The number of hydrogen-bond acceptors (Lipinski definition) is 4. The highest BCUT2D eigenvalue weighted by Crippen LogP contribution is 2.23. The van der Waals surface area contributed by atoms with E-state index in [-0.39, 0.29) is 11.6 Å². The summed E-state index contributed by atoms with van der Waals surface area (Å²) in [4.78, 5) is 11.8. The highest BCUT2D eigenvalue weighted by molar-refractivity contribution is 6.03. The van der Waals surface area contributed by atoms with Crippen LogP contribution < -0.4 is 5.32 Å². The van der Waals surface area contributed by atoms with Crippen molar-refractivity contribution in [2.24, 2.45) is 0 Å². The Labute approximate surface area is 107 Å². The molecule has 0 saturated carbocycles. The number of alkyl halides is 2. The zero-order chi connectivity index (χ0) is 14.0. The molecule has 0 atom stereocenters. The Balaban J connectivity index is 2.14. The SMILES string of the molecule is CC(C)c1oncc1NC(=O)c1ccn(C(F)F)n1. The molecule has 2 rings (SSSR count). The minimum absolute atomic E-state index is 0.0384. The molecule has 8 heteroatoms. The van der Waals surface area contributed by atoms with Gasteiger partial charge in [0.05, 0.1) is 6.20 Å². The molecular weight excluding hydrogens is 258 g/mol. The fourth-order valence-electron chi connectivity index (χ4n) is 1.51. The fourth-order valence-corrected chi connectivity index (χ4v) is 1.51. The first-order chi connectivity index (χ1) is 8.99. The van der Waals surface area contributed by atoms with Crippen molar-refractivity contribution in [3.8, 4) is 0 Å². The molecule has 0 aliphatic carbocycles. The molecule has 0 aliphatic heterocycles. The smallest absolute Gasteiger partial charge is 0.333 e. The van der Waals surface area contributed by atoms with Crippen LogP contribution in [0.25, 0.3) is 0 Å². The second kappa shape index (κ2) is 5.17. The van der Waals surface area contributed by atoms with Crippen molar-refractivity contribution < 1.29 is 18.1 Å². The Bertz CT molecular complexity index is 577. The quantitative estimate of drug-likeness (QED) is 0.926. The van der Waals surface area contributed by atoms with Crippen molar-refractivity contribution in [1.82, 2.24) is 14.9 Å². The van der Waals surface area contributed by atoms with E-state index in [4.69, 9.17) is 4.52 Å². The van der Waals surface area contributed by atoms with Gasteiger partial charge in [0.15, 0.2) is 11.5 Å². The van der Waals surface area contributed by atoms with E-state index in [0.29, 0.717) is 16.1 Å². The molecule has 0 fully saturated rings. The van der Waals surface area contributed by atoms with Gasteiger partial charge in [0.2, 0.25) is 0 Å². The number of nitrogens with one attached hydrogen (secondary N) is 1. The molecule has 0 unspecified atom stereocenters. The Morgan fingerprint density at radius 1 is 1.47 bits per heavy atom. The van der Waals surface area contributed by atoms with Crippen molar-refractivity contribution in [2.75, 3.05) is 5.32 Å². The summed E-state index contributed by atoms with van der Waals surface area (Å²) in [5.41, 5.74) is 0.308. The van der Waals surface area contributed by atoms with Gasteiger partial charge in [-0.2, -0.15) is 13.9 Å². The van der Waals surface area contributed by atoms with Crippen LogP contribution in [0.15, 0.2) is 23.0 Å². The van der Waals surface area contributed by atoms with E-state index in [1.165, 1.54) is 12.3 Å². The largest absolute Gasteiger partial charge is 0.359 e. The van der Waals surface area contributed by atoms with Gasteiger partial charge in [-0.05, 0) is 6.07 Å². The summed E-state index contributed by atoms with van der Waals surface area (Å²) in [6.07, 6.45) is 2.40. The minimum Gasteiger partial charge on any atom is -0.359 e. The zero-order valence-electron chi connectivity index (χ0n) is 10.3. The fraction of sp³-hybridized carbons (Fsp3) is 0.364. The maximum atomic E-state index is 12.3. The highest BCUT2D eigenvalue weighted by atomic mass is 19.3. The lowest BCUT2D eigenvalue weighted by Crippen LogP contribution is -2.14. The van der Waals surface area contributed by atoms with Gasteiger partial charge in [-0.15, -0.1) is 0 Å². The molecule has 0 bridgehead atoms. The van der Waals surface area contributed by atoms with Crippen LogP contribution in [-0.4, -0.2) is 20.8 Å². The second-order valence-corrected chi connectivity index (χ2v) is 4.17. The van der Waals surface area contributed by atoms with E-state index < -0.39 is 12.5 Å². The molecule has 0 aromatic carbocycles. The van der Waals surface area contributed by atoms with Crippen LogP contribution in [0.5, 0.6) is 0 Å². The molecule has 0 aliphatic rings. The van der Waals surface area contributed by atoms with Gasteiger partial charge >= 0.3 is 6.55 Å². The van der Waals surface area contributed by atoms with E-state index in [1.807, 2.05) is 13.8 Å². The number of carbonyl (C=O) groups is 1. The lowest BCUT2D eigenvalue weighted by molar-refractivity contribution is 0.0561. The van der Waals surface area contributed by atoms with E-state index >= 15 is 0 Å². The van der Waals surface area contributed by atoms with E-state index in [0.717, 1.165) is 6.20 Å². The lowest BCUT2D eigenvalue weighted by atomic mass is 10.1. The molecule has 6 nitrogen and oxygen atoms in total. The van der Waals surface area contributed by atoms with Gasteiger partial charge < -0.3 is 9.84 Å². The molecular formula is C11H12F2N4O2. The van der Waals surface area contributed by atoms with Gasteiger partial charge in [0.25, 0.3) is 5.91 Å². The number of nitrogens with zero attached hydrogens (tertiary/aromatic N) is 3. The summed E-state index contributed by atoms with van der Waals surface area (Å²) in [5, 5.41) is 9.58. The number of hydrogen-bond donors (Lipinski definition) is 1. The summed E-state index contributed by atoms with van der Waals surface area (Å²) in [7, 11) is 0. The van der Waals surface area contributed by atoms with Crippen LogP contribution in [0.1, 0.15) is 42.6 Å². The molecule has 1 N–H and O–H groups in total.